The van der Waals surface area contributed by atoms with Crippen molar-refractivity contribution < 1.29 is 4.39 Å². The van der Waals surface area contributed by atoms with E-state index in [4.69, 9.17) is 11.6 Å². The number of benzene rings is 1. The van der Waals surface area contributed by atoms with E-state index in [0.717, 1.165) is 12.1 Å². The summed E-state index contributed by atoms with van der Waals surface area (Å²) in [6, 6.07) is 4.75. The zero-order chi connectivity index (χ0) is 10.3. The quantitative estimate of drug-likeness (QED) is 0.757. The van der Waals surface area contributed by atoms with Crippen molar-refractivity contribution in [3.63, 3.8) is 0 Å². The van der Waals surface area contributed by atoms with Crippen LogP contribution in [-0.2, 0) is 0 Å². The Balaban J connectivity index is 2.37. The fraction of sp³-hybridized carbons (Fsp3) is 0.455. The normalized spacial score (nSPS) is 24.4. The zero-order valence-electron chi connectivity index (χ0n) is 8.27. The Morgan fingerprint density at radius 3 is 2.71 bits per heavy atom. The van der Waals surface area contributed by atoms with E-state index in [-0.39, 0.29) is 17.3 Å². The molecule has 76 valence electrons. The zero-order valence-corrected chi connectivity index (χ0v) is 9.03. The Morgan fingerprint density at radius 2 is 2.21 bits per heavy atom. The second-order valence-electron chi connectivity index (χ2n) is 4.32. The SMILES string of the molecule is CC1(C)NCC1c1cc(Cl)ccc1F. The summed E-state index contributed by atoms with van der Waals surface area (Å²) in [5.41, 5.74) is 0.701. The van der Waals surface area contributed by atoms with Gasteiger partial charge in [0.15, 0.2) is 0 Å². The summed E-state index contributed by atoms with van der Waals surface area (Å²) in [7, 11) is 0. The van der Waals surface area contributed by atoms with Gasteiger partial charge in [0.05, 0.1) is 0 Å². The van der Waals surface area contributed by atoms with E-state index in [1.54, 1.807) is 12.1 Å². The molecule has 1 aromatic rings. The number of halogens is 2. The van der Waals surface area contributed by atoms with E-state index in [1.807, 2.05) is 0 Å². The van der Waals surface area contributed by atoms with Crippen LogP contribution in [0, 0.1) is 5.82 Å². The van der Waals surface area contributed by atoms with Gasteiger partial charge in [-0.15, -0.1) is 0 Å². The fourth-order valence-corrected chi connectivity index (χ4v) is 2.07. The molecule has 0 aliphatic carbocycles. The first-order valence-corrected chi connectivity index (χ1v) is 5.08. The summed E-state index contributed by atoms with van der Waals surface area (Å²) >= 11 is 5.85. The van der Waals surface area contributed by atoms with Gasteiger partial charge in [-0.25, -0.2) is 4.39 Å². The molecule has 1 heterocycles. The number of rotatable bonds is 1. The van der Waals surface area contributed by atoms with Crippen molar-refractivity contribution in [2.75, 3.05) is 6.54 Å². The van der Waals surface area contributed by atoms with E-state index in [9.17, 15) is 4.39 Å². The van der Waals surface area contributed by atoms with Crippen molar-refractivity contribution in [2.24, 2.45) is 0 Å². The molecule has 1 saturated heterocycles. The van der Waals surface area contributed by atoms with E-state index >= 15 is 0 Å². The van der Waals surface area contributed by atoms with E-state index in [1.165, 1.54) is 6.07 Å². The topological polar surface area (TPSA) is 12.0 Å². The average molecular weight is 214 g/mol. The minimum atomic E-state index is -0.158. The predicted molar refractivity (Wildman–Crippen MR) is 56.2 cm³/mol. The van der Waals surface area contributed by atoms with Crippen molar-refractivity contribution in [2.45, 2.75) is 25.3 Å². The van der Waals surface area contributed by atoms with Gasteiger partial charge < -0.3 is 5.32 Å². The molecule has 0 amide bonds. The van der Waals surface area contributed by atoms with Crippen molar-refractivity contribution in [1.82, 2.24) is 5.32 Å². The summed E-state index contributed by atoms with van der Waals surface area (Å²) in [5, 5.41) is 3.87. The Bertz CT molecular complexity index is 362. The first kappa shape index (κ1) is 9.94. The molecule has 0 aromatic heterocycles. The lowest BCUT2D eigenvalue weighted by atomic mass is 9.75. The summed E-state index contributed by atoms with van der Waals surface area (Å²) in [5.74, 6) is 0.0650. The Kier molecular flexibility index (Phi) is 2.28. The highest BCUT2D eigenvalue weighted by molar-refractivity contribution is 6.30. The highest BCUT2D eigenvalue weighted by Gasteiger charge is 2.40. The Labute approximate surface area is 88.3 Å². The van der Waals surface area contributed by atoms with E-state index < -0.39 is 0 Å². The molecular weight excluding hydrogens is 201 g/mol. The van der Waals surface area contributed by atoms with Gasteiger partial charge in [-0.05, 0) is 37.6 Å². The molecule has 0 bridgehead atoms. The molecule has 1 unspecified atom stereocenters. The molecule has 1 aromatic carbocycles. The molecule has 0 saturated carbocycles. The molecule has 0 spiro atoms. The molecular formula is C11H13ClFN. The molecule has 2 rings (SSSR count). The standard InChI is InChI=1S/C11H13ClFN/c1-11(2)9(6-14-11)8-5-7(12)3-4-10(8)13/h3-5,9,14H,6H2,1-2H3. The van der Waals surface area contributed by atoms with Crippen molar-refractivity contribution >= 4 is 11.6 Å². The third-order valence-electron chi connectivity index (χ3n) is 2.97. The van der Waals surface area contributed by atoms with Crippen LogP contribution in [0.3, 0.4) is 0 Å². The molecule has 0 radical (unpaired) electrons. The van der Waals surface area contributed by atoms with Crippen LogP contribution in [0.15, 0.2) is 18.2 Å². The highest BCUT2D eigenvalue weighted by atomic mass is 35.5. The summed E-state index contributed by atoms with van der Waals surface area (Å²) in [6.45, 7) is 4.97. The number of hydrogen-bond donors (Lipinski definition) is 1. The van der Waals surface area contributed by atoms with Crippen LogP contribution in [0.1, 0.15) is 25.3 Å². The largest absolute Gasteiger partial charge is 0.310 e. The van der Waals surface area contributed by atoms with Crippen LogP contribution >= 0.6 is 11.6 Å². The second-order valence-corrected chi connectivity index (χ2v) is 4.76. The van der Waals surface area contributed by atoms with Crippen LogP contribution < -0.4 is 5.32 Å². The molecule has 1 fully saturated rings. The van der Waals surface area contributed by atoms with E-state index in [2.05, 4.69) is 19.2 Å². The first-order valence-electron chi connectivity index (χ1n) is 4.71. The summed E-state index contributed by atoms with van der Waals surface area (Å²) in [6.07, 6.45) is 0. The Morgan fingerprint density at radius 1 is 1.50 bits per heavy atom. The molecule has 1 N–H and O–H groups in total. The van der Waals surface area contributed by atoms with Crippen LogP contribution in [0.2, 0.25) is 5.02 Å². The second kappa shape index (κ2) is 3.21. The smallest absolute Gasteiger partial charge is 0.126 e. The van der Waals surface area contributed by atoms with Crippen LogP contribution in [0.25, 0.3) is 0 Å². The van der Waals surface area contributed by atoms with Gasteiger partial charge in [0, 0.05) is 23.0 Å². The van der Waals surface area contributed by atoms with E-state index in [0.29, 0.717) is 5.02 Å². The Hall–Kier alpha value is -0.600. The minimum absolute atomic E-state index is 0.0223. The molecule has 14 heavy (non-hydrogen) atoms. The first-order chi connectivity index (χ1) is 6.50. The highest BCUT2D eigenvalue weighted by Crippen LogP contribution is 2.36. The lowest BCUT2D eigenvalue weighted by Gasteiger charge is -2.46. The van der Waals surface area contributed by atoms with Gasteiger partial charge in [-0.3, -0.25) is 0 Å². The predicted octanol–water partition coefficient (Wildman–Crippen LogP) is 2.94. The van der Waals surface area contributed by atoms with Gasteiger partial charge in [0.1, 0.15) is 5.82 Å². The minimum Gasteiger partial charge on any atom is -0.310 e. The third-order valence-corrected chi connectivity index (χ3v) is 3.20. The van der Waals surface area contributed by atoms with Gasteiger partial charge in [0.25, 0.3) is 0 Å². The fourth-order valence-electron chi connectivity index (χ4n) is 1.89. The van der Waals surface area contributed by atoms with Crippen molar-refractivity contribution in [1.29, 1.82) is 0 Å². The molecule has 1 atom stereocenters. The summed E-state index contributed by atoms with van der Waals surface area (Å²) < 4.78 is 13.5. The molecule has 3 heteroatoms. The summed E-state index contributed by atoms with van der Waals surface area (Å²) in [4.78, 5) is 0. The van der Waals surface area contributed by atoms with Crippen LogP contribution in [0.4, 0.5) is 4.39 Å². The third kappa shape index (κ3) is 1.53. The lowest BCUT2D eigenvalue weighted by molar-refractivity contribution is 0.204. The van der Waals surface area contributed by atoms with Crippen molar-refractivity contribution in [3.05, 3.63) is 34.6 Å². The molecule has 1 aliphatic rings. The number of nitrogens with one attached hydrogen (secondary N) is 1. The van der Waals surface area contributed by atoms with Gasteiger partial charge in [0.2, 0.25) is 0 Å². The monoisotopic (exact) mass is 213 g/mol. The number of hydrogen-bond acceptors (Lipinski definition) is 1. The maximum Gasteiger partial charge on any atom is 0.126 e. The molecule has 1 aliphatic heterocycles. The lowest BCUT2D eigenvalue weighted by Crippen LogP contribution is -2.59. The average Bonchev–Trinajstić information content (AvgIpc) is 2.10. The van der Waals surface area contributed by atoms with Crippen LogP contribution in [0.5, 0.6) is 0 Å². The van der Waals surface area contributed by atoms with Crippen molar-refractivity contribution in [3.8, 4) is 0 Å². The molecule has 1 nitrogen and oxygen atoms in total. The maximum atomic E-state index is 13.5. The van der Waals surface area contributed by atoms with Crippen LogP contribution in [-0.4, -0.2) is 12.1 Å². The van der Waals surface area contributed by atoms with Gasteiger partial charge in [-0.1, -0.05) is 11.6 Å². The van der Waals surface area contributed by atoms with Gasteiger partial charge in [-0.2, -0.15) is 0 Å². The maximum absolute atomic E-state index is 13.5. The van der Waals surface area contributed by atoms with Gasteiger partial charge >= 0.3 is 0 Å².